The minimum absolute atomic E-state index is 0.0671. The molecule has 6 nitrogen and oxygen atoms in total. The van der Waals surface area contributed by atoms with Crippen molar-refractivity contribution in [3.8, 4) is 0 Å². The molecule has 2 bridgehead atoms. The number of carbonyl (C=O) groups excluding carboxylic acids is 1. The molecule has 2 fully saturated rings. The zero-order valence-corrected chi connectivity index (χ0v) is 11.9. The number of aromatic nitrogens is 1. The van der Waals surface area contributed by atoms with Gasteiger partial charge in [-0.25, -0.2) is 13.6 Å². The Morgan fingerprint density at radius 1 is 1.40 bits per heavy atom. The highest BCUT2D eigenvalue weighted by atomic mass is 32.2. The first kappa shape index (κ1) is 13.6. The minimum Gasteiger partial charge on any atom is -0.356 e. The fourth-order valence-electron chi connectivity index (χ4n) is 3.62. The van der Waals surface area contributed by atoms with Crippen LogP contribution in [0.4, 0.5) is 0 Å². The highest BCUT2D eigenvalue weighted by Gasteiger charge is 2.39. The van der Waals surface area contributed by atoms with Gasteiger partial charge in [0.25, 0.3) is 5.91 Å². The molecule has 1 aromatic rings. The van der Waals surface area contributed by atoms with E-state index in [1.807, 2.05) is 0 Å². The van der Waals surface area contributed by atoms with Crippen LogP contribution in [-0.4, -0.2) is 25.9 Å². The Morgan fingerprint density at radius 3 is 2.75 bits per heavy atom. The van der Waals surface area contributed by atoms with Crippen LogP contribution < -0.4 is 10.5 Å². The maximum absolute atomic E-state index is 12.0. The zero-order valence-electron chi connectivity index (χ0n) is 11.1. The second-order valence-corrected chi connectivity index (χ2v) is 7.50. The molecule has 7 heteroatoms. The van der Waals surface area contributed by atoms with Crippen molar-refractivity contribution in [2.24, 2.45) is 22.9 Å². The molecule has 4 N–H and O–H groups in total. The molecule has 0 radical (unpaired) electrons. The molecule has 0 aliphatic heterocycles. The van der Waals surface area contributed by atoms with E-state index in [1.54, 1.807) is 0 Å². The van der Waals surface area contributed by atoms with Crippen LogP contribution in [0.3, 0.4) is 0 Å². The van der Waals surface area contributed by atoms with Crippen molar-refractivity contribution in [2.45, 2.75) is 30.6 Å². The second-order valence-electron chi connectivity index (χ2n) is 5.94. The van der Waals surface area contributed by atoms with E-state index in [1.165, 1.54) is 37.9 Å². The Morgan fingerprint density at radius 2 is 2.20 bits per heavy atom. The van der Waals surface area contributed by atoms with Crippen LogP contribution >= 0.6 is 0 Å². The number of hydrogen-bond donors (Lipinski definition) is 3. The molecule has 1 aromatic heterocycles. The number of nitrogens with one attached hydrogen (secondary N) is 2. The lowest BCUT2D eigenvalue weighted by atomic mass is 9.89. The number of hydrogen-bond acceptors (Lipinski definition) is 3. The Balaban J connectivity index is 1.58. The fraction of sp³-hybridized carbons (Fsp3) is 0.615. The predicted molar refractivity (Wildman–Crippen MR) is 73.4 cm³/mol. The van der Waals surface area contributed by atoms with Gasteiger partial charge >= 0.3 is 0 Å². The standard InChI is InChI=1S/C13H19N3O3S/c14-20(18,19)11-5-12(15-7-11)13(17)16-6-10-4-8-1-2-9(10)3-8/h5,7-10,15H,1-4,6H2,(H,16,17)(H2,14,18,19). The molecule has 2 aliphatic rings. The molecule has 110 valence electrons. The number of sulfonamides is 1. The van der Waals surface area contributed by atoms with Crippen molar-refractivity contribution < 1.29 is 13.2 Å². The smallest absolute Gasteiger partial charge is 0.267 e. The molecule has 3 unspecified atom stereocenters. The van der Waals surface area contributed by atoms with E-state index in [0.717, 1.165) is 11.8 Å². The number of nitrogens with two attached hydrogens (primary N) is 1. The van der Waals surface area contributed by atoms with Gasteiger partial charge in [0.05, 0.1) is 4.90 Å². The highest BCUT2D eigenvalue weighted by molar-refractivity contribution is 7.89. The second kappa shape index (κ2) is 4.89. The fourth-order valence-corrected chi connectivity index (χ4v) is 4.12. The number of carbonyl (C=O) groups is 1. The minimum atomic E-state index is -3.76. The summed E-state index contributed by atoms with van der Waals surface area (Å²) in [6.45, 7) is 0.670. The molecule has 1 amide bonds. The lowest BCUT2D eigenvalue weighted by Crippen LogP contribution is -2.31. The lowest BCUT2D eigenvalue weighted by Gasteiger charge is -2.21. The number of H-pyrrole nitrogens is 1. The predicted octanol–water partition coefficient (Wildman–Crippen LogP) is 0.828. The summed E-state index contributed by atoms with van der Waals surface area (Å²) in [5, 5.41) is 7.89. The number of rotatable bonds is 4. The molecular formula is C13H19N3O3S. The first-order valence-electron chi connectivity index (χ1n) is 6.93. The number of aromatic amines is 1. The van der Waals surface area contributed by atoms with Gasteiger partial charge in [-0.2, -0.15) is 0 Å². The molecule has 3 atom stereocenters. The van der Waals surface area contributed by atoms with Gasteiger partial charge in [0, 0.05) is 12.7 Å². The molecule has 0 saturated heterocycles. The van der Waals surface area contributed by atoms with Crippen LogP contribution in [0.2, 0.25) is 0 Å². The van der Waals surface area contributed by atoms with Crippen LogP contribution in [-0.2, 0) is 10.0 Å². The summed E-state index contributed by atoms with van der Waals surface area (Å²) in [5.74, 6) is 1.90. The first-order valence-corrected chi connectivity index (χ1v) is 8.47. The normalized spacial score (nSPS) is 28.8. The van der Waals surface area contributed by atoms with Crippen LogP contribution in [0.25, 0.3) is 0 Å². The summed E-state index contributed by atoms with van der Waals surface area (Å²) >= 11 is 0. The van der Waals surface area contributed by atoms with Crippen molar-refractivity contribution in [1.82, 2.24) is 10.3 Å². The summed E-state index contributed by atoms with van der Waals surface area (Å²) in [4.78, 5) is 14.6. The molecule has 0 spiro atoms. The molecule has 3 rings (SSSR count). The quantitative estimate of drug-likeness (QED) is 0.766. The summed E-state index contributed by atoms with van der Waals surface area (Å²) in [6, 6.07) is 1.27. The zero-order chi connectivity index (χ0) is 14.3. The van der Waals surface area contributed by atoms with E-state index in [2.05, 4.69) is 10.3 Å². The molecule has 20 heavy (non-hydrogen) atoms. The molecule has 1 heterocycles. The largest absolute Gasteiger partial charge is 0.356 e. The molecule has 0 aromatic carbocycles. The van der Waals surface area contributed by atoms with Gasteiger partial charge in [0.15, 0.2) is 0 Å². The van der Waals surface area contributed by atoms with Gasteiger partial charge < -0.3 is 10.3 Å². The number of primary sulfonamides is 1. The Bertz CT molecular complexity index is 623. The Kier molecular flexibility index (Phi) is 3.33. The van der Waals surface area contributed by atoms with E-state index in [-0.39, 0.29) is 16.5 Å². The molecule has 2 aliphatic carbocycles. The average molecular weight is 297 g/mol. The van der Waals surface area contributed by atoms with Crippen molar-refractivity contribution in [2.75, 3.05) is 6.54 Å². The van der Waals surface area contributed by atoms with Gasteiger partial charge in [-0.05, 0) is 43.1 Å². The van der Waals surface area contributed by atoms with Crippen molar-refractivity contribution in [3.05, 3.63) is 18.0 Å². The van der Waals surface area contributed by atoms with Gasteiger partial charge in [-0.15, -0.1) is 0 Å². The van der Waals surface area contributed by atoms with Crippen molar-refractivity contribution in [3.63, 3.8) is 0 Å². The topological polar surface area (TPSA) is 105 Å². The lowest BCUT2D eigenvalue weighted by molar-refractivity contribution is 0.0937. The SMILES string of the molecule is NS(=O)(=O)c1c[nH]c(C(=O)NCC2CC3CCC2C3)c1. The third kappa shape index (κ3) is 2.60. The maximum Gasteiger partial charge on any atom is 0.267 e. The highest BCUT2D eigenvalue weighted by Crippen LogP contribution is 2.47. The summed E-state index contributed by atoms with van der Waals surface area (Å²) in [6.07, 6.45) is 6.37. The first-order chi connectivity index (χ1) is 9.43. The van der Waals surface area contributed by atoms with Gasteiger partial charge in [0.2, 0.25) is 10.0 Å². The Hall–Kier alpha value is -1.34. The third-order valence-corrected chi connectivity index (χ3v) is 5.53. The van der Waals surface area contributed by atoms with Crippen molar-refractivity contribution >= 4 is 15.9 Å². The Labute approximate surface area is 118 Å². The van der Waals surface area contributed by atoms with Crippen LogP contribution in [0.15, 0.2) is 17.2 Å². The van der Waals surface area contributed by atoms with Gasteiger partial charge in [-0.3, -0.25) is 4.79 Å². The molecular weight excluding hydrogens is 278 g/mol. The van der Waals surface area contributed by atoms with Gasteiger partial charge in [-0.1, -0.05) is 6.42 Å². The number of amides is 1. The van der Waals surface area contributed by atoms with E-state index in [9.17, 15) is 13.2 Å². The van der Waals surface area contributed by atoms with Crippen LogP contribution in [0.5, 0.6) is 0 Å². The van der Waals surface area contributed by atoms with Crippen LogP contribution in [0.1, 0.15) is 36.2 Å². The monoisotopic (exact) mass is 297 g/mol. The summed E-state index contributed by atoms with van der Waals surface area (Å²) in [5.41, 5.74) is 0.234. The molecule has 2 saturated carbocycles. The summed E-state index contributed by atoms with van der Waals surface area (Å²) in [7, 11) is -3.76. The van der Waals surface area contributed by atoms with E-state index < -0.39 is 10.0 Å². The van der Waals surface area contributed by atoms with Gasteiger partial charge in [0.1, 0.15) is 5.69 Å². The van der Waals surface area contributed by atoms with E-state index >= 15 is 0 Å². The average Bonchev–Trinajstić information content (AvgIpc) is 3.09. The van der Waals surface area contributed by atoms with E-state index in [4.69, 9.17) is 5.14 Å². The van der Waals surface area contributed by atoms with E-state index in [0.29, 0.717) is 12.5 Å². The van der Waals surface area contributed by atoms with Crippen molar-refractivity contribution in [1.29, 1.82) is 0 Å². The third-order valence-electron chi connectivity index (χ3n) is 4.64. The summed E-state index contributed by atoms with van der Waals surface area (Å²) < 4.78 is 22.3. The maximum atomic E-state index is 12.0. The number of fused-ring (bicyclic) bond motifs is 2. The van der Waals surface area contributed by atoms with Crippen LogP contribution in [0, 0.1) is 17.8 Å².